The first-order valence-corrected chi connectivity index (χ1v) is 9.37. The summed E-state index contributed by atoms with van der Waals surface area (Å²) in [4.78, 5) is 45.2. The molecule has 1 aromatic rings. The van der Waals surface area contributed by atoms with E-state index in [0.717, 1.165) is 5.56 Å². The van der Waals surface area contributed by atoms with E-state index in [1.54, 1.807) is 24.3 Å². The second-order valence-electron chi connectivity index (χ2n) is 6.42. The fraction of sp³-hybridized carbons (Fsp3) is 0.500. The van der Waals surface area contributed by atoms with Crippen LogP contribution in [0.5, 0.6) is 0 Å². The number of esters is 1. The van der Waals surface area contributed by atoms with Crippen molar-refractivity contribution in [3.05, 3.63) is 35.9 Å². The van der Waals surface area contributed by atoms with Crippen molar-refractivity contribution in [3.63, 3.8) is 0 Å². The van der Waals surface area contributed by atoms with Crippen LogP contribution in [0, 0.1) is 5.92 Å². The molecule has 166 valence electrons. The van der Waals surface area contributed by atoms with Crippen molar-refractivity contribution >= 4 is 24.1 Å². The summed E-state index contributed by atoms with van der Waals surface area (Å²) in [7, 11) is 0. The van der Waals surface area contributed by atoms with Gasteiger partial charge in [0.25, 0.3) is 0 Å². The second kappa shape index (κ2) is 15.1. The number of aliphatic hydroxyl groups is 1. The van der Waals surface area contributed by atoms with Gasteiger partial charge in [0.1, 0.15) is 19.3 Å². The van der Waals surface area contributed by atoms with Gasteiger partial charge >= 0.3 is 11.9 Å². The van der Waals surface area contributed by atoms with Crippen molar-refractivity contribution in [1.82, 2.24) is 5.32 Å². The molecule has 0 saturated heterocycles. The Hall–Kier alpha value is -2.82. The number of ether oxygens (including phenoxy) is 3. The lowest BCUT2D eigenvalue weighted by atomic mass is 10.2. The van der Waals surface area contributed by atoms with E-state index in [9.17, 15) is 19.2 Å². The van der Waals surface area contributed by atoms with Gasteiger partial charge in [0, 0.05) is 0 Å². The molecule has 0 aliphatic rings. The number of rotatable bonds is 16. The third-order valence-corrected chi connectivity index (χ3v) is 3.77. The molecule has 2 atom stereocenters. The number of amides is 1. The number of carboxylic acid groups (broad SMARTS) is 1. The van der Waals surface area contributed by atoms with Crippen molar-refractivity contribution in [2.45, 2.75) is 25.5 Å². The van der Waals surface area contributed by atoms with E-state index in [2.05, 4.69) is 5.32 Å². The van der Waals surface area contributed by atoms with Gasteiger partial charge in [-0.05, 0) is 5.56 Å². The summed E-state index contributed by atoms with van der Waals surface area (Å²) in [6, 6.07) is 8.33. The summed E-state index contributed by atoms with van der Waals surface area (Å²) in [6.45, 7) is -0.546. The first-order valence-electron chi connectivity index (χ1n) is 9.37. The molecular formula is C20H27NO9. The summed E-state index contributed by atoms with van der Waals surface area (Å²) in [5.74, 6) is -3.03. The molecule has 0 spiro atoms. The standard InChI is InChI=1S/C20H27NO9/c22-9-16(10-23)11-29-14-17(13-28-7-6-19(25)26)21-18(24)8-20(27)30-12-15-4-2-1-3-5-15/h1-5,9,16-17,23H,6-8,10-14H2,(H,21,24)(H,25,26). The molecule has 0 heterocycles. The highest BCUT2D eigenvalue weighted by atomic mass is 16.5. The number of hydrogen-bond donors (Lipinski definition) is 3. The van der Waals surface area contributed by atoms with Crippen LogP contribution in [-0.4, -0.2) is 73.4 Å². The van der Waals surface area contributed by atoms with Crippen LogP contribution in [0.15, 0.2) is 30.3 Å². The van der Waals surface area contributed by atoms with E-state index < -0.39 is 36.2 Å². The van der Waals surface area contributed by atoms with E-state index >= 15 is 0 Å². The molecule has 0 saturated carbocycles. The molecule has 0 bridgehead atoms. The molecule has 30 heavy (non-hydrogen) atoms. The number of carbonyl (C=O) groups is 4. The normalized spacial score (nSPS) is 12.6. The summed E-state index contributed by atoms with van der Waals surface area (Å²) < 4.78 is 15.6. The quantitative estimate of drug-likeness (QED) is 0.143. The van der Waals surface area contributed by atoms with Gasteiger partial charge in [0.15, 0.2) is 0 Å². The van der Waals surface area contributed by atoms with Crippen LogP contribution in [0.3, 0.4) is 0 Å². The topological polar surface area (TPSA) is 148 Å². The van der Waals surface area contributed by atoms with Gasteiger partial charge in [-0.3, -0.25) is 14.4 Å². The van der Waals surface area contributed by atoms with Crippen LogP contribution in [0.1, 0.15) is 18.4 Å². The van der Waals surface area contributed by atoms with Gasteiger partial charge in [-0.15, -0.1) is 0 Å². The highest BCUT2D eigenvalue weighted by molar-refractivity contribution is 5.94. The first kappa shape index (κ1) is 25.2. The van der Waals surface area contributed by atoms with Gasteiger partial charge in [-0.25, -0.2) is 0 Å². The van der Waals surface area contributed by atoms with Crippen molar-refractivity contribution in [1.29, 1.82) is 0 Å². The second-order valence-corrected chi connectivity index (χ2v) is 6.42. The number of benzene rings is 1. The van der Waals surface area contributed by atoms with E-state index in [4.69, 9.17) is 24.4 Å². The van der Waals surface area contributed by atoms with Crippen LogP contribution < -0.4 is 5.32 Å². The lowest BCUT2D eigenvalue weighted by Gasteiger charge is -2.19. The van der Waals surface area contributed by atoms with E-state index in [0.29, 0.717) is 6.29 Å². The molecule has 0 aromatic heterocycles. The van der Waals surface area contributed by atoms with Crippen molar-refractivity contribution < 1.29 is 43.6 Å². The van der Waals surface area contributed by atoms with Crippen molar-refractivity contribution in [2.24, 2.45) is 5.92 Å². The van der Waals surface area contributed by atoms with Gasteiger partial charge < -0.3 is 34.5 Å². The van der Waals surface area contributed by atoms with Crippen molar-refractivity contribution in [2.75, 3.05) is 33.0 Å². The van der Waals surface area contributed by atoms with Crippen LogP contribution >= 0.6 is 0 Å². The number of carboxylic acids is 1. The third-order valence-electron chi connectivity index (χ3n) is 3.77. The Bertz CT molecular complexity index is 666. The number of aliphatic carboxylic acids is 1. The number of carbonyl (C=O) groups excluding carboxylic acids is 3. The predicted molar refractivity (Wildman–Crippen MR) is 103 cm³/mol. The minimum absolute atomic E-state index is 0.0477. The zero-order chi connectivity index (χ0) is 22.2. The fourth-order valence-electron chi connectivity index (χ4n) is 2.21. The van der Waals surface area contributed by atoms with Crippen LogP contribution in [-0.2, 0) is 40.0 Å². The molecule has 0 radical (unpaired) electrons. The molecule has 10 nitrogen and oxygen atoms in total. The minimum Gasteiger partial charge on any atom is -0.481 e. The summed E-state index contributed by atoms with van der Waals surface area (Å²) in [5, 5.41) is 20.2. The highest BCUT2D eigenvalue weighted by Gasteiger charge is 2.18. The smallest absolute Gasteiger partial charge is 0.315 e. The molecular weight excluding hydrogens is 398 g/mol. The Balaban J connectivity index is 2.44. The Morgan fingerprint density at radius 3 is 2.40 bits per heavy atom. The summed E-state index contributed by atoms with van der Waals surface area (Å²) in [6.07, 6.45) is -0.156. The van der Waals surface area contributed by atoms with E-state index in [1.807, 2.05) is 6.07 Å². The lowest BCUT2D eigenvalue weighted by Crippen LogP contribution is -2.43. The average molecular weight is 425 g/mol. The molecule has 1 aromatic carbocycles. The zero-order valence-electron chi connectivity index (χ0n) is 16.5. The molecule has 0 fully saturated rings. The number of aldehydes is 1. The molecule has 1 amide bonds. The predicted octanol–water partition coefficient (Wildman–Crippen LogP) is -0.0800. The van der Waals surface area contributed by atoms with Crippen LogP contribution in [0.4, 0.5) is 0 Å². The summed E-state index contributed by atoms with van der Waals surface area (Å²) >= 11 is 0. The van der Waals surface area contributed by atoms with E-state index in [1.165, 1.54) is 0 Å². The maximum Gasteiger partial charge on any atom is 0.315 e. The Morgan fingerprint density at radius 1 is 1.07 bits per heavy atom. The zero-order valence-corrected chi connectivity index (χ0v) is 16.5. The molecule has 0 aliphatic carbocycles. The number of nitrogens with one attached hydrogen (secondary N) is 1. The van der Waals surface area contributed by atoms with Gasteiger partial charge in [-0.2, -0.15) is 0 Å². The minimum atomic E-state index is -1.02. The molecule has 3 N–H and O–H groups in total. The summed E-state index contributed by atoms with van der Waals surface area (Å²) in [5.41, 5.74) is 0.790. The largest absolute Gasteiger partial charge is 0.481 e. The van der Waals surface area contributed by atoms with Crippen molar-refractivity contribution in [3.8, 4) is 0 Å². The van der Waals surface area contributed by atoms with Gasteiger partial charge in [0.05, 0.1) is 51.4 Å². The number of aliphatic hydroxyl groups excluding tert-OH is 1. The Labute approximate surface area is 174 Å². The van der Waals surface area contributed by atoms with E-state index in [-0.39, 0.29) is 46.1 Å². The van der Waals surface area contributed by atoms with Crippen LogP contribution in [0.2, 0.25) is 0 Å². The molecule has 1 rings (SSSR count). The fourth-order valence-corrected chi connectivity index (χ4v) is 2.21. The first-order chi connectivity index (χ1) is 14.4. The van der Waals surface area contributed by atoms with Gasteiger partial charge in [-0.1, -0.05) is 30.3 Å². The maximum atomic E-state index is 12.1. The number of hydrogen-bond acceptors (Lipinski definition) is 8. The molecule has 2 unspecified atom stereocenters. The SMILES string of the molecule is O=CC(CO)COCC(COCCC(=O)O)NC(=O)CC(=O)OCc1ccccc1. The molecule has 0 aliphatic heterocycles. The lowest BCUT2D eigenvalue weighted by molar-refractivity contribution is -0.148. The average Bonchev–Trinajstić information content (AvgIpc) is 2.73. The maximum absolute atomic E-state index is 12.1. The van der Waals surface area contributed by atoms with Gasteiger partial charge in [0.2, 0.25) is 5.91 Å². The monoisotopic (exact) mass is 425 g/mol. The highest BCUT2D eigenvalue weighted by Crippen LogP contribution is 2.02. The Morgan fingerprint density at radius 2 is 1.77 bits per heavy atom. The third kappa shape index (κ3) is 11.9. The Kier molecular flexibility index (Phi) is 12.7. The molecule has 10 heteroatoms. The van der Waals surface area contributed by atoms with Crippen LogP contribution in [0.25, 0.3) is 0 Å².